The number of carbonyl (C=O) groups excluding carboxylic acids is 1. The van der Waals surface area contributed by atoms with Gasteiger partial charge in [0.2, 0.25) is 6.79 Å². The molecule has 3 aromatic rings. The molecule has 2 aliphatic heterocycles. The van der Waals surface area contributed by atoms with Crippen molar-refractivity contribution in [3.8, 4) is 11.5 Å². The normalized spacial score (nSPS) is 16.8. The first-order chi connectivity index (χ1) is 13.7. The van der Waals surface area contributed by atoms with Gasteiger partial charge in [0.1, 0.15) is 5.70 Å². The van der Waals surface area contributed by atoms with Crippen LogP contribution in [0.3, 0.4) is 0 Å². The summed E-state index contributed by atoms with van der Waals surface area (Å²) in [6, 6.07) is 12.8. The number of amides is 1. The molecule has 1 aromatic heterocycles. The smallest absolute Gasteiger partial charge is 0.284 e. The van der Waals surface area contributed by atoms with Crippen molar-refractivity contribution in [2.24, 2.45) is 4.99 Å². The average Bonchev–Trinajstić information content (AvgIpc) is 3.43. The van der Waals surface area contributed by atoms with Gasteiger partial charge in [-0.2, -0.15) is 0 Å². The quantitative estimate of drug-likeness (QED) is 0.603. The molecule has 0 spiro atoms. The number of amidine groups is 1. The van der Waals surface area contributed by atoms with Crippen LogP contribution >= 0.6 is 22.9 Å². The molecule has 3 heterocycles. The predicted octanol–water partition coefficient (Wildman–Crippen LogP) is 4.36. The Morgan fingerprint density at radius 3 is 2.82 bits per heavy atom. The summed E-state index contributed by atoms with van der Waals surface area (Å²) >= 11 is 7.72. The summed E-state index contributed by atoms with van der Waals surface area (Å²) < 4.78 is 10.7. The van der Waals surface area contributed by atoms with Crippen molar-refractivity contribution in [3.63, 3.8) is 0 Å². The Kier molecular flexibility index (Phi) is 4.11. The van der Waals surface area contributed by atoms with Gasteiger partial charge in [0.25, 0.3) is 5.91 Å². The highest BCUT2D eigenvalue weighted by atomic mass is 35.5. The van der Waals surface area contributed by atoms with Gasteiger partial charge in [-0.1, -0.05) is 29.8 Å². The molecule has 5 rings (SSSR count). The van der Waals surface area contributed by atoms with Crippen molar-refractivity contribution < 1.29 is 14.3 Å². The minimum atomic E-state index is -0.262. The van der Waals surface area contributed by atoms with Gasteiger partial charge in [0.05, 0.1) is 5.02 Å². The van der Waals surface area contributed by atoms with E-state index in [1.807, 2.05) is 41.8 Å². The summed E-state index contributed by atoms with van der Waals surface area (Å²) in [5.41, 5.74) is 1.75. The lowest BCUT2D eigenvalue weighted by Crippen LogP contribution is -2.32. The fourth-order valence-corrected chi connectivity index (χ4v) is 3.86. The highest BCUT2D eigenvalue weighted by molar-refractivity contribution is 7.14. The van der Waals surface area contributed by atoms with Crippen molar-refractivity contribution in [2.75, 3.05) is 11.7 Å². The standard InChI is InChI=1S/C20H12ClN3O3S/c21-14-4-2-1-3-13(14)18-23-15(19(25)24(18)20-22-7-8-28-20)9-12-5-6-16-17(10-12)27-11-26-16/h1-10H,11H2. The molecule has 2 aliphatic rings. The zero-order chi connectivity index (χ0) is 19.1. The molecule has 0 aliphatic carbocycles. The molecule has 138 valence electrons. The molecule has 0 saturated carbocycles. The van der Waals surface area contributed by atoms with Gasteiger partial charge in [0.15, 0.2) is 22.5 Å². The van der Waals surface area contributed by atoms with Gasteiger partial charge < -0.3 is 9.47 Å². The highest BCUT2D eigenvalue weighted by Crippen LogP contribution is 2.35. The van der Waals surface area contributed by atoms with Gasteiger partial charge >= 0.3 is 0 Å². The van der Waals surface area contributed by atoms with Gasteiger partial charge in [-0.25, -0.2) is 14.9 Å². The van der Waals surface area contributed by atoms with Crippen molar-refractivity contribution in [1.29, 1.82) is 0 Å². The van der Waals surface area contributed by atoms with Gasteiger partial charge in [-0.3, -0.25) is 4.79 Å². The third kappa shape index (κ3) is 2.85. The number of carbonyl (C=O) groups is 1. The number of ether oxygens (including phenoxy) is 2. The van der Waals surface area contributed by atoms with E-state index in [2.05, 4.69) is 9.98 Å². The number of thiazole rings is 1. The van der Waals surface area contributed by atoms with E-state index in [0.29, 0.717) is 38.7 Å². The maximum Gasteiger partial charge on any atom is 0.284 e. The van der Waals surface area contributed by atoms with Crippen LogP contribution in [0.1, 0.15) is 11.1 Å². The van der Waals surface area contributed by atoms with Crippen LogP contribution in [-0.2, 0) is 4.79 Å². The first-order valence-electron chi connectivity index (χ1n) is 8.39. The summed E-state index contributed by atoms with van der Waals surface area (Å²) in [6.07, 6.45) is 3.37. The van der Waals surface area contributed by atoms with E-state index in [-0.39, 0.29) is 12.7 Å². The number of benzene rings is 2. The van der Waals surface area contributed by atoms with E-state index in [1.165, 1.54) is 16.2 Å². The zero-order valence-electron chi connectivity index (χ0n) is 14.3. The Hall–Kier alpha value is -3.16. The predicted molar refractivity (Wildman–Crippen MR) is 108 cm³/mol. The number of aromatic nitrogens is 1. The van der Waals surface area contributed by atoms with Crippen LogP contribution < -0.4 is 14.4 Å². The molecule has 28 heavy (non-hydrogen) atoms. The Balaban J connectivity index is 1.61. The molecular formula is C20H12ClN3O3S. The maximum absolute atomic E-state index is 13.1. The summed E-state index contributed by atoms with van der Waals surface area (Å²) in [5.74, 6) is 1.52. The van der Waals surface area contributed by atoms with E-state index in [9.17, 15) is 4.79 Å². The van der Waals surface area contributed by atoms with E-state index in [4.69, 9.17) is 21.1 Å². The fraction of sp³-hybridized carbons (Fsp3) is 0.0500. The SMILES string of the molecule is O=C1C(=Cc2ccc3c(c2)OCO3)N=C(c2ccccc2Cl)N1c1nccs1. The summed E-state index contributed by atoms with van der Waals surface area (Å²) in [5, 5.41) is 2.87. The number of aliphatic imine (C=N–C) groups is 1. The molecule has 0 saturated heterocycles. The zero-order valence-corrected chi connectivity index (χ0v) is 15.9. The van der Waals surface area contributed by atoms with Crippen LogP contribution in [0.4, 0.5) is 5.13 Å². The molecule has 0 N–H and O–H groups in total. The van der Waals surface area contributed by atoms with Gasteiger partial charge in [0, 0.05) is 17.1 Å². The van der Waals surface area contributed by atoms with Crippen molar-refractivity contribution in [3.05, 3.63) is 75.9 Å². The van der Waals surface area contributed by atoms with Crippen LogP contribution in [0.15, 0.2) is 64.7 Å². The van der Waals surface area contributed by atoms with Crippen molar-refractivity contribution >= 4 is 45.9 Å². The summed E-state index contributed by atoms with van der Waals surface area (Å²) in [6.45, 7) is 0.195. The molecule has 6 nitrogen and oxygen atoms in total. The lowest BCUT2D eigenvalue weighted by atomic mass is 10.1. The molecule has 0 unspecified atom stereocenters. The van der Waals surface area contributed by atoms with E-state index < -0.39 is 0 Å². The highest BCUT2D eigenvalue weighted by Gasteiger charge is 2.34. The minimum absolute atomic E-state index is 0.195. The first kappa shape index (κ1) is 17.0. The molecule has 0 bridgehead atoms. The molecular weight excluding hydrogens is 398 g/mol. The number of hydrogen-bond acceptors (Lipinski definition) is 6. The molecule has 2 aromatic carbocycles. The molecule has 0 fully saturated rings. The van der Waals surface area contributed by atoms with Crippen molar-refractivity contribution in [2.45, 2.75) is 0 Å². The largest absolute Gasteiger partial charge is 0.454 e. The number of halogens is 1. The van der Waals surface area contributed by atoms with E-state index in [1.54, 1.807) is 18.3 Å². The Bertz CT molecular complexity index is 1140. The average molecular weight is 410 g/mol. The second kappa shape index (κ2) is 6.78. The van der Waals surface area contributed by atoms with Crippen LogP contribution in [0.5, 0.6) is 11.5 Å². The van der Waals surface area contributed by atoms with Crippen LogP contribution in [0, 0.1) is 0 Å². The van der Waals surface area contributed by atoms with E-state index in [0.717, 1.165) is 5.56 Å². The number of rotatable bonds is 3. The van der Waals surface area contributed by atoms with Crippen molar-refractivity contribution in [1.82, 2.24) is 4.98 Å². The third-order valence-electron chi connectivity index (χ3n) is 4.29. The van der Waals surface area contributed by atoms with Crippen LogP contribution in [-0.4, -0.2) is 23.5 Å². The lowest BCUT2D eigenvalue weighted by molar-refractivity contribution is -0.113. The van der Waals surface area contributed by atoms with Crippen LogP contribution in [0.2, 0.25) is 5.02 Å². The molecule has 0 radical (unpaired) electrons. The third-order valence-corrected chi connectivity index (χ3v) is 5.37. The number of anilines is 1. The maximum atomic E-state index is 13.1. The second-order valence-corrected chi connectivity index (χ2v) is 7.29. The molecule has 0 atom stereocenters. The van der Waals surface area contributed by atoms with E-state index >= 15 is 0 Å². The minimum Gasteiger partial charge on any atom is -0.454 e. The Labute approximate surface area is 169 Å². The van der Waals surface area contributed by atoms with Crippen LogP contribution in [0.25, 0.3) is 6.08 Å². The Morgan fingerprint density at radius 1 is 1.14 bits per heavy atom. The fourth-order valence-electron chi connectivity index (χ4n) is 3.00. The summed E-state index contributed by atoms with van der Waals surface area (Å²) in [4.78, 5) is 23.5. The summed E-state index contributed by atoms with van der Waals surface area (Å²) in [7, 11) is 0. The first-order valence-corrected chi connectivity index (χ1v) is 9.65. The lowest BCUT2D eigenvalue weighted by Gasteiger charge is -2.15. The molecule has 8 heteroatoms. The van der Waals surface area contributed by atoms with Gasteiger partial charge in [-0.05, 0) is 35.9 Å². The Morgan fingerprint density at radius 2 is 2.00 bits per heavy atom. The number of hydrogen-bond donors (Lipinski definition) is 0. The number of fused-ring (bicyclic) bond motifs is 1. The topological polar surface area (TPSA) is 64.0 Å². The molecule has 1 amide bonds. The monoisotopic (exact) mass is 409 g/mol. The second-order valence-electron chi connectivity index (χ2n) is 6.01. The number of nitrogens with zero attached hydrogens (tertiary/aromatic N) is 3. The van der Waals surface area contributed by atoms with Gasteiger partial charge in [-0.15, -0.1) is 11.3 Å².